The first kappa shape index (κ1) is 14.2. The highest BCUT2D eigenvalue weighted by Crippen LogP contribution is 2.35. The first-order chi connectivity index (χ1) is 9.26. The van der Waals surface area contributed by atoms with E-state index < -0.39 is 17.9 Å². The van der Waals surface area contributed by atoms with Crippen molar-refractivity contribution in [3.63, 3.8) is 0 Å². The van der Waals surface area contributed by atoms with Crippen molar-refractivity contribution < 1.29 is 23.0 Å². The summed E-state index contributed by atoms with van der Waals surface area (Å²) in [5.41, 5.74) is 3.50. The standard InChI is InChI=1S/C15H13F3O2/c1-9-3-4-10(2)12(7-9)11-5-6-14(13(19)8-11)20-15(16,17)18/h3-8,19H,1-2H3. The monoisotopic (exact) mass is 282 g/mol. The Hall–Kier alpha value is -2.17. The van der Waals surface area contributed by atoms with Gasteiger partial charge in [0, 0.05) is 0 Å². The molecule has 0 heterocycles. The Balaban J connectivity index is 2.41. The smallest absolute Gasteiger partial charge is 0.504 e. The minimum atomic E-state index is -4.82. The maximum Gasteiger partial charge on any atom is 0.573 e. The number of phenols is 1. The number of aryl methyl sites for hydroxylation is 2. The van der Waals surface area contributed by atoms with Gasteiger partial charge in [-0.3, -0.25) is 0 Å². The Labute approximate surface area is 114 Å². The lowest BCUT2D eigenvalue weighted by atomic mass is 9.98. The molecule has 0 aliphatic rings. The molecular weight excluding hydrogens is 269 g/mol. The van der Waals surface area contributed by atoms with Gasteiger partial charge in [0.2, 0.25) is 0 Å². The summed E-state index contributed by atoms with van der Waals surface area (Å²) >= 11 is 0. The summed E-state index contributed by atoms with van der Waals surface area (Å²) in [6.45, 7) is 3.82. The number of rotatable bonds is 2. The molecule has 0 radical (unpaired) electrons. The van der Waals surface area contributed by atoms with Gasteiger partial charge >= 0.3 is 6.36 Å². The van der Waals surface area contributed by atoms with Crippen molar-refractivity contribution in [3.8, 4) is 22.6 Å². The molecule has 2 aromatic carbocycles. The fourth-order valence-electron chi connectivity index (χ4n) is 1.94. The minimum absolute atomic E-state index is 0.541. The zero-order chi connectivity index (χ0) is 14.9. The third kappa shape index (κ3) is 3.23. The third-order valence-electron chi connectivity index (χ3n) is 2.89. The number of ether oxygens (including phenoxy) is 1. The first-order valence-corrected chi connectivity index (χ1v) is 5.92. The molecular formula is C15H13F3O2. The van der Waals surface area contributed by atoms with E-state index in [0.29, 0.717) is 5.56 Å². The summed E-state index contributed by atoms with van der Waals surface area (Å²) in [5, 5.41) is 9.65. The highest BCUT2D eigenvalue weighted by molar-refractivity contribution is 5.70. The van der Waals surface area contributed by atoms with Gasteiger partial charge in [-0.05, 0) is 42.7 Å². The predicted molar refractivity (Wildman–Crippen MR) is 69.7 cm³/mol. The number of aromatic hydroxyl groups is 1. The lowest BCUT2D eigenvalue weighted by Crippen LogP contribution is -2.17. The second kappa shape index (κ2) is 5.07. The van der Waals surface area contributed by atoms with Crippen LogP contribution in [0.1, 0.15) is 11.1 Å². The molecule has 1 N–H and O–H groups in total. The summed E-state index contributed by atoms with van der Waals surface area (Å²) in [6, 6.07) is 9.64. The number of alkyl halides is 3. The van der Waals surface area contributed by atoms with Gasteiger partial charge in [0.25, 0.3) is 0 Å². The van der Waals surface area contributed by atoms with E-state index >= 15 is 0 Å². The van der Waals surface area contributed by atoms with Crippen molar-refractivity contribution in [3.05, 3.63) is 47.5 Å². The predicted octanol–water partition coefficient (Wildman–Crippen LogP) is 4.57. The van der Waals surface area contributed by atoms with Gasteiger partial charge in [-0.15, -0.1) is 13.2 Å². The van der Waals surface area contributed by atoms with Crippen LogP contribution in [0, 0.1) is 13.8 Å². The Bertz CT molecular complexity index is 634. The average Bonchev–Trinajstić information content (AvgIpc) is 2.33. The van der Waals surface area contributed by atoms with Gasteiger partial charge in [-0.1, -0.05) is 29.8 Å². The molecule has 2 nitrogen and oxygen atoms in total. The molecule has 0 aliphatic carbocycles. The van der Waals surface area contributed by atoms with Crippen molar-refractivity contribution in [2.24, 2.45) is 0 Å². The second-order valence-corrected chi connectivity index (χ2v) is 4.55. The summed E-state index contributed by atoms with van der Waals surface area (Å²) in [6.07, 6.45) is -4.82. The van der Waals surface area contributed by atoms with E-state index in [1.807, 2.05) is 32.0 Å². The Morgan fingerprint density at radius 3 is 2.30 bits per heavy atom. The van der Waals surface area contributed by atoms with Gasteiger partial charge < -0.3 is 9.84 Å². The van der Waals surface area contributed by atoms with Crippen LogP contribution in [0.15, 0.2) is 36.4 Å². The highest BCUT2D eigenvalue weighted by Gasteiger charge is 2.32. The lowest BCUT2D eigenvalue weighted by molar-refractivity contribution is -0.275. The van der Waals surface area contributed by atoms with Crippen molar-refractivity contribution in [1.29, 1.82) is 0 Å². The molecule has 0 atom stereocenters. The maximum absolute atomic E-state index is 12.1. The minimum Gasteiger partial charge on any atom is -0.504 e. The van der Waals surface area contributed by atoms with Crippen LogP contribution in [-0.4, -0.2) is 11.5 Å². The van der Waals surface area contributed by atoms with Crippen LogP contribution in [0.4, 0.5) is 13.2 Å². The molecule has 0 spiro atoms. The number of phenolic OH excluding ortho intramolecular Hbond substituents is 1. The molecule has 0 bridgehead atoms. The zero-order valence-electron chi connectivity index (χ0n) is 11.0. The lowest BCUT2D eigenvalue weighted by Gasteiger charge is -2.12. The van der Waals surface area contributed by atoms with Crippen LogP contribution < -0.4 is 4.74 Å². The number of halogens is 3. The zero-order valence-corrected chi connectivity index (χ0v) is 11.0. The fourth-order valence-corrected chi connectivity index (χ4v) is 1.94. The maximum atomic E-state index is 12.1. The van der Waals surface area contributed by atoms with Gasteiger partial charge in [-0.2, -0.15) is 0 Å². The highest BCUT2D eigenvalue weighted by atomic mass is 19.4. The van der Waals surface area contributed by atoms with E-state index in [-0.39, 0.29) is 0 Å². The van der Waals surface area contributed by atoms with E-state index in [1.165, 1.54) is 12.1 Å². The molecule has 2 aromatic rings. The molecule has 0 unspecified atom stereocenters. The van der Waals surface area contributed by atoms with E-state index in [1.54, 1.807) is 0 Å². The van der Waals surface area contributed by atoms with Crippen molar-refractivity contribution >= 4 is 0 Å². The Morgan fingerprint density at radius 2 is 1.70 bits per heavy atom. The van der Waals surface area contributed by atoms with Crippen LogP contribution in [-0.2, 0) is 0 Å². The van der Waals surface area contributed by atoms with Gasteiger partial charge in [0.1, 0.15) is 0 Å². The molecule has 0 saturated carbocycles. The van der Waals surface area contributed by atoms with Crippen molar-refractivity contribution in [2.75, 3.05) is 0 Å². The molecule has 0 aliphatic heterocycles. The Morgan fingerprint density at radius 1 is 1.00 bits per heavy atom. The Kier molecular flexibility index (Phi) is 3.61. The van der Waals surface area contributed by atoms with Crippen molar-refractivity contribution in [1.82, 2.24) is 0 Å². The first-order valence-electron chi connectivity index (χ1n) is 5.92. The molecule has 106 valence electrons. The third-order valence-corrected chi connectivity index (χ3v) is 2.89. The van der Waals surface area contributed by atoms with Crippen LogP contribution >= 0.6 is 0 Å². The summed E-state index contributed by atoms with van der Waals surface area (Å²) in [4.78, 5) is 0. The largest absolute Gasteiger partial charge is 0.573 e. The topological polar surface area (TPSA) is 29.5 Å². The summed E-state index contributed by atoms with van der Waals surface area (Å²) in [5.74, 6) is -1.15. The summed E-state index contributed by atoms with van der Waals surface area (Å²) < 4.78 is 40.1. The van der Waals surface area contributed by atoms with E-state index in [0.717, 1.165) is 22.8 Å². The SMILES string of the molecule is Cc1ccc(C)c(-c2ccc(OC(F)(F)F)c(O)c2)c1. The van der Waals surface area contributed by atoms with Gasteiger partial charge in [0.05, 0.1) is 0 Å². The normalized spacial score (nSPS) is 11.4. The van der Waals surface area contributed by atoms with E-state index in [9.17, 15) is 18.3 Å². The molecule has 0 saturated heterocycles. The van der Waals surface area contributed by atoms with Gasteiger partial charge in [-0.25, -0.2) is 0 Å². The number of hydrogen-bond donors (Lipinski definition) is 1. The molecule has 2 rings (SSSR count). The fraction of sp³-hybridized carbons (Fsp3) is 0.200. The molecule has 0 fully saturated rings. The molecule has 0 aromatic heterocycles. The summed E-state index contributed by atoms with van der Waals surface area (Å²) in [7, 11) is 0. The number of hydrogen-bond acceptors (Lipinski definition) is 2. The van der Waals surface area contributed by atoms with E-state index in [4.69, 9.17) is 0 Å². The van der Waals surface area contributed by atoms with Gasteiger partial charge in [0.15, 0.2) is 11.5 Å². The molecule has 5 heteroatoms. The van der Waals surface area contributed by atoms with Crippen LogP contribution in [0.2, 0.25) is 0 Å². The van der Waals surface area contributed by atoms with Crippen LogP contribution in [0.5, 0.6) is 11.5 Å². The quantitative estimate of drug-likeness (QED) is 0.874. The molecule has 20 heavy (non-hydrogen) atoms. The number of benzene rings is 2. The average molecular weight is 282 g/mol. The van der Waals surface area contributed by atoms with Crippen LogP contribution in [0.3, 0.4) is 0 Å². The van der Waals surface area contributed by atoms with E-state index in [2.05, 4.69) is 4.74 Å². The van der Waals surface area contributed by atoms with Crippen molar-refractivity contribution in [2.45, 2.75) is 20.2 Å². The second-order valence-electron chi connectivity index (χ2n) is 4.55. The molecule has 0 amide bonds. The van der Waals surface area contributed by atoms with Crippen LogP contribution in [0.25, 0.3) is 11.1 Å².